The van der Waals surface area contributed by atoms with E-state index in [9.17, 15) is 4.79 Å². The Bertz CT molecular complexity index is 374. The maximum absolute atomic E-state index is 11.1. The molecular formula is C11H16N2O2S. The number of methoxy groups -OCH3 is 1. The highest BCUT2D eigenvalue weighted by Crippen LogP contribution is 2.30. The summed E-state index contributed by atoms with van der Waals surface area (Å²) in [7, 11) is 3.47. The third-order valence-corrected chi connectivity index (χ3v) is 4.00. The predicted octanol–water partition coefficient (Wildman–Crippen LogP) is 1.85. The summed E-state index contributed by atoms with van der Waals surface area (Å²) in [5, 5.41) is 2.94. The molecule has 0 bridgehead atoms. The maximum atomic E-state index is 11.1. The van der Waals surface area contributed by atoms with E-state index in [0.29, 0.717) is 6.04 Å². The SMILES string of the molecule is COC(=O)Cc1csc(N(C)C2CCC2)n1. The second-order valence-corrected chi connectivity index (χ2v) is 4.91. The fraction of sp³-hybridized carbons (Fsp3) is 0.636. The van der Waals surface area contributed by atoms with Crippen molar-refractivity contribution >= 4 is 22.4 Å². The molecule has 1 aromatic rings. The average Bonchev–Trinajstić information content (AvgIpc) is 2.63. The lowest BCUT2D eigenvalue weighted by Gasteiger charge is -2.34. The second kappa shape index (κ2) is 4.82. The van der Waals surface area contributed by atoms with Crippen molar-refractivity contribution in [2.75, 3.05) is 19.1 Å². The molecule has 1 aromatic heterocycles. The first-order chi connectivity index (χ1) is 7.70. The number of thiazole rings is 1. The van der Waals surface area contributed by atoms with Crippen LogP contribution in [0, 0.1) is 0 Å². The first kappa shape index (κ1) is 11.4. The van der Waals surface area contributed by atoms with Gasteiger partial charge in [0.15, 0.2) is 5.13 Å². The van der Waals surface area contributed by atoms with Gasteiger partial charge in [0.05, 0.1) is 19.2 Å². The van der Waals surface area contributed by atoms with Crippen molar-refractivity contribution in [1.29, 1.82) is 0 Å². The highest BCUT2D eigenvalue weighted by atomic mass is 32.1. The summed E-state index contributed by atoms with van der Waals surface area (Å²) in [6.45, 7) is 0. The smallest absolute Gasteiger partial charge is 0.311 e. The molecule has 5 heteroatoms. The van der Waals surface area contributed by atoms with Crippen molar-refractivity contribution in [3.63, 3.8) is 0 Å². The van der Waals surface area contributed by atoms with Gasteiger partial charge in [0, 0.05) is 18.5 Å². The van der Waals surface area contributed by atoms with Gasteiger partial charge in [0.25, 0.3) is 0 Å². The Morgan fingerprint density at radius 1 is 1.69 bits per heavy atom. The van der Waals surface area contributed by atoms with Crippen LogP contribution in [0.5, 0.6) is 0 Å². The minimum atomic E-state index is -0.233. The van der Waals surface area contributed by atoms with Gasteiger partial charge in [0.1, 0.15) is 0 Å². The van der Waals surface area contributed by atoms with Gasteiger partial charge in [-0.1, -0.05) is 0 Å². The Morgan fingerprint density at radius 2 is 2.44 bits per heavy atom. The van der Waals surface area contributed by atoms with Crippen LogP contribution in [0.4, 0.5) is 5.13 Å². The van der Waals surface area contributed by atoms with Gasteiger partial charge >= 0.3 is 5.97 Å². The molecule has 0 spiro atoms. The van der Waals surface area contributed by atoms with Crippen molar-refractivity contribution in [2.45, 2.75) is 31.7 Å². The zero-order chi connectivity index (χ0) is 11.5. The van der Waals surface area contributed by atoms with Crippen LogP contribution in [0.3, 0.4) is 0 Å². The number of hydrogen-bond acceptors (Lipinski definition) is 5. The number of rotatable bonds is 4. The fourth-order valence-electron chi connectivity index (χ4n) is 1.69. The molecule has 0 saturated heterocycles. The van der Waals surface area contributed by atoms with E-state index >= 15 is 0 Å². The van der Waals surface area contributed by atoms with Crippen molar-refractivity contribution in [2.24, 2.45) is 0 Å². The van der Waals surface area contributed by atoms with E-state index in [1.54, 1.807) is 11.3 Å². The molecule has 0 N–H and O–H groups in total. The molecule has 1 aliphatic carbocycles. The molecule has 0 unspecified atom stereocenters. The number of aromatic nitrogens is 1. The molecule has 1 saturated carbocycles. The van der Waals surface area contributed by atoms with Crippen molar-refractivity contribution < 1.29 is 9.53 Å². The molecule has 0 radical (unpaired) electrons. The minimum Gasteiger partial charge on any atom is -0.469 e. The summed E-state index contributed by atoms with van der Waals surface area (Å²) in [5.41, 5.74) is 0.804. The Kier molecular flexibility index (Phi) is 3.43. The molecule has 1 aliphatic rings. The lowest BCUT2D eigenvalue weighted by Crippen LogP contribution is -2.37. The van der Waals surface area contributed by atoms with Crippen LogP contribution in [-0.4, -0.2) is 31.2 Å². The Balaban J connectivity index is 1.98. The standard InChI is InChI=1S/C11H16N2O2S/c1-13(9-4-3-5-9)11-12-8(7-16-11)6-10(14)15-2/h7,9H,3-6H2,1-2H3. The molecule has 16 heavy (non-hydrogen) atoms. The van der Waals surface area contributed by atoms with Gasteiger partial charge in [-0.05, 0) is 19.3 Å². The quantitative estimate of drug-likeness (QED) is 0.753. The van der Waals surface area contributed by atoms with Crippen LogP contribution in [0.1, 0.15) is 25.0 Å². The van der Waals surface area contributed by atoms with Gasteiger partial charge in [-0.15, -0.1) is 11.3 Å². The van der Waals surface area contributed by atoms with E-state index in [4.69, 9.17) is 0 Å². The van der Waals surface area contributed by atoms with Crippen LogP contribution in [0.25, 0.3) is 0 Å². The normalized spacial score (nSPS) is 15.6. The molecular weight excluding hydrogens is 224 g/mol. The third-order valence-electron chi connectivity index (χ3n) is 3.02. The maximum Gasteiger partial charge on any atom is 0.311 e. The minimum absolute atomic E-state index is 0.233. The first-order valence-electron chi connectivity index (χ1n) is 5.44. The van der Waals surface area contributed by atoms with E-state index in [2.05, 4.69) is 21.7 Å². The summed E-state index contributed by atoms with van der Waals surface area (Å²) >= 11 is 1.59. The van der Waals surface area contributed by atoms with Crippen LogP contribution in [0.15, 0.2) is 5.38 Å². The van der Waals surface area contributed by atoms with E-state index < -0.39 is 0 Å². The van der Waals surface area contributed by atoms with Crippen LogP contribution < -0.4 is 4.90 Å². The van der Waals surface area contributed by atoms with Gasteiger partial charge < -0.3 is 9.64 Å². The summed E-state index contributed by atoms with van der Waals surface area (Å²) in [6.07, 6.45) is 4.09. The van der Waals surface area contributed by atoms with E-state index in [-0.39, 0.29) is 12.4 Å². The van der Waals surface area contributed by atoms with Gasteiger partial charge in [-0.2, -0.15) is 0 Å². The molecule has 88 valence electrons. The van der Waals surface area contributed by atoms with Crippen molar-refractivity contribution in [3.8, 4) is 0 Å². The Labute approximate surface area is 99.2 Å². The van der Waals surface area contributed by atoms with Crippen molar-refractivity contribution in [3.05, 3.63) is 11.1 Å². The van der Waals surface area contributed by atoms with E-state index in [0.717, 1.165) is 10.8 Å². The predicted molar refractivity (Wildman–Crippen MR) is 63.9 cm³/mol. The van der Waals surface area contributed by atoms with E-state index in [1.807, 2.05) is 5.38 Å². The van der Waals surface area contributed by atoms with Crippen molar-refractivity contribution in [1.82, 2.24) is 4.98 Å². The number of hydrogen-bond donors (Lipinski definition) is 0. The molecule has 4 nitrogen and oxygen atoms in total. The monoisotopic (exact) mass is 240 g/mol. The number of ether oxygens (including phenoxy) is 1. The number of nitrogens with zero attached hydrogens (tertiary/aromatic N) is 2. The lowest BCUT2D eigenvalue weighted by molar-refractivity contribution is -0.139. The summed E-state index contributed by atoms with van der Waals surface area (Å²) in [4.78, 5) is 17.8. The highest BCUT2D eigenvalue weighted by molar-refractivity contribution is 7.13. The summed E-state index contributed by atoms with van der Waals surface area (Å²) < 4.78 is 4.62. The Hall–Kier alpha value is -1.10. The molecule has 0 amide bonds. The molecule has 2 rings (SSSR count). The zero-order valence-corrected chi connectivity index (χ0v) is 10.4. The first-order valence-corrected chi connectivity index (χ1v) is 6.32. The Morgan fingerprint density at radius 3 is 3.00 bits per heavy atom. The number of carbonyl (C=O) groups excluding carboxylic acids is 1. The third kappa shape index (κ3) is 2.35. The topological polar surface area (TPSA) is 42.4 Å². The van der Waals surface area contributed by atoms with Gasteiger partial charge in [-0.3, -0.25) is 4.79 Å². The molecule has 0 atom stereocenters. The fourth-order valence-corrected chi connectivity index (χ4v) is 2.55. The average molecular weight is 240 g/mol. The van der Waals surface area contributed by atoms with Crippen LogP contribution in [-0.2, 0) is 16.0 Å². The number of esters is 1. The van der Waals surface area contributed by atoms with Crippen LogP contribution in [0.2, 0.25) is 0 Å². The molecule has 1 heterocycles. The second-order valence-electron chi connectivity index (χ2n) is 4.07. The molecule has 1 fully saturated rings. The van der Waals surface area contributed by atoms with E-state index in [1.165, 1.54) is 26.4 Å². The zero-order valence-electron chi connectivity index (χ0n) is 9.60. The van der Waals surface area contributed by atoms with Crippen LogP contribution >= 0.6 is 11.3 Å². The lowest BCUT2D eigenvalue weighted by atomic mass is 9.92. The van der Waals surface area contributed by atoms with Gasteiger partial charge in [-0.25, -0.2) is 4.98 Å². The molecule has 0 aromatic carbocycles. The number of carbonyl (C=O) groups is 1. The summed E-state index contributed by atoms with van der Waals surface area (Å²) in [6, 6.07) is 0.636. The summed E-state index contributed by atoms with van der Waals surface area (Å²) in [5.74, 6) is -0.233. The number of anilines is 1. The van der Waals surface area contributed by atoms with Gasteiger partial charge in [0.2, 0.25) is 0 Å². The largest absolute Gasteiger partial charge is 0.469 e. The highest BCUT2D eigenvalue weighted by Gasteiger charge is 2.24. The molecule has 0 aliphatic heterocycles.